The van der Waals surface area contributed by atoms with E-state index < -0.39 is 0 Å². The monoisotopic (exact) mass is 179 g/mol. The average molecular weight is 179 g/mol. The van der Waals surface area contributed by atoms with Crippen molar-refractivity contribution in [1.82, 2.24) is 4.90 Å². The van der Waals surface area contributed by atoms with Crippen LogP contribution in [-0.2, 0) is 0 Å². The number of hydrogen-bond acceptors (Lipinski definition) is 1. The molecule has 1 aliphatic carbocycles. The summed E-state index contributed by atoms with van der Waals surface area (Å²) in [6.45, 7) is 8.02. The zero-order valence-corrected chi connectivity index (χ0v) is 9.03. The van der Waals surface area contributed by atoms with Crippen LogP contribution >= 0.6 is 0 Å². The minimum Gasteiger partial charge on any atom is -0.294 e. The summed E-state index contributed by atoms with van der Waals surface area (Å²) in [7, 11) is 0. The van der Waals surface area contributed by atoms with Crippen LogP contribution in [0.3, 0.4) is 0 Å². The van der Waals surface area contributed by atoms with Crippen molar-refractivity contribution in [3.63, 3.8) is 0 Å². The van der Waals surface area contributed by atoms with Crippen molar-refractivity contribution in [1.29, 1.82) is 0 Å². The van der Waals surface area contributed by atoms with Crippen LogP contribution in [0.5, 0.6) is 0 Å². The van der Waals surface area contributed by atoms with Gasteiger partial charge in [-0.25, -0.2) is 0 Å². The SMILES string of the molecule is CCCN(C(C)C)C1C=CC=CC1. The molecule has 0 N–H and O–H groups in total. The Bertz CT molecular complexity index is 191. The highest BCUT2D eigenvalue weighted by Crippen LogP contribution is 2.14. The van der Waals surface area contributed by atoms with E-state index in [1.165, 1.54) is 19.4 Å². The summed E-state index contributed by atoms with van der Waals surface area (Å²) in [4.78, 5) is 2.57. The van der Waals surface area contributed by atoms with Gasteiger partial charge in [-0.05, 0) is 33.2 Å². The first-order valence-corrected chi connectivity index (χ1v) is 5.34. The fourth-order valence-corrected chi connectivity index (χ4v) is 1.88. The van der Waals surface area contributed by atoms with Crippen LogP contribution in [0, 0.1) is 0 Å². The smallest absolute Gasteiger partial charge is 0.0318 e. The Kier molecular flexibility index (Phi) is 4.23. The van der Waals surface area contributed by atoms with Gasteiger partial charge in [0.15, 0.2) is 0 Å². The molecule has 0 bridgehead atoms. The normalized spacial score (nSPS) is 21.8. The van der Waals surface area contributed by atoms with Gasteiger partial charge in [0.2, 0.25) is 0 Å². The van der Waals surface area contributed by atoms with Crippen molar-refractivity contribution in [2.45, 2.75) is 45.7 Å². The maximum absolute atomic E-state index is 2.57. The highest BCUT2D eigenvalue weighted by Gasteiger charge is 2.17. The molecule has 1 heteroatoms. The van der Waals surface area contributed by atoms with Crippen molar-refractivity contribution in [2.75, 3.05) is 6.54 Å². The lowest BCUT2D eigenvalue weighted by atomic mass is 10.1. The molecule has 0 saturated heterocycles. The minimum absolute atomic E-state index is 0.630. The van der Waals surface area contributed by atoms with Crippen molar-refractivity contribution < 1.29 is 0 Å². The van der Waals surface area contributed by atoms with Crippen LogP contribution in [0.25, 0.3) is 0 Å². The first kappa shape index (κ1) is 10.5. The number of hydrogen-bond donors (Lipinski definition) is 0. The predicted molar refractivity (Wildman–Crippen MR) is 58.8 cm³/mol. The van der Waals surface area contributed by atoms with Gasteiger partial charge in [0, 0.05) is 12.1 Å². The Balaban J connectivity index is 2.53. The van der Waals surface area contributed by atoms with Crippen molar-refractivity contribution >= 4 is 0 Å². The lowest BCUT2D eigenvalue weighted by Gasteiger charge is -2.33. The van der Waals surface area contributed by atoms with E-state index in [1.807, 2.05) is 0 Å². The molecule has 1 unspecified atom stereocenters. The summed E-state index contributed by atoms with van der Waals surface area (Å²) in [5.41, 5.74) is 0. The molecule has 0 radical (unpaired) electrons. The molecule has 1 aliphatic rings. The maximum Gasteiger partial charge on any atom is 0.0318 e. The van der Waals surface area contributed by atoms with Gasteiger partial charge in [-0.3, -0.25) is 4.90 Å². The Morgan fingerprint density at radius 2 is 2.15 bits per heavy atom. The molecule has 1 nitrogen and oxygen atoms in total. The molecule has 13 heavy (non-hydrogen) atoms. The molecule has 0 aliphatic heterocycles. The average Bonchev–Trinajstić information content (AvgIpc) is 2.15. The zero-order chi connectivity index (χ0) is 9.68. The van der Waals surface area contributed by atoms with Crippen LogP contribution in [0.15, 0.2) is 24.3 Å². The summed E-state index contributed by atoms with van der Waals surface area (Å²) >= 11 is 0. The zero-order valence-electron chi connectivity index (χ0n) is 9.03. The van der Waals surface area contributed by atoms with Gasteiger partial charge in [-0.1, -0.05) is 31.2 Å². The van der Waals surface area contributed by atoms with Gasteiger partial charge in [0.25, 0.3) is 0 Å². The first-order chi connectivity index (χ1) is 6.25. The largest absolute Gasteiger partial charge is 0.294 e. The molecule has 0 aromatic heterocycles. The van der Waals surface area contributed by atoms with Crippen molar-refractivity contribution in [3.8, 4) is 0 Å². The van der Waals surface area contributed by atoms with E-state index in [0.29, 0.717) is 12.1 Å². The van der Waals surface area contributed by atoms with Gasteiger partial charge in [-0.2, -0.15) is 0 Å². The van der Waals surface area contributed by atoms with Gasteiger partial charge in [0.05, 0.1) is 0 Å². The Labute approximate surface area is 82.1 Å². The van der Waals surface area contributed by atoms with Crippen LogP contribution in [0.4, 0.5) is 0 Å². The highest BCUT2D eigenvalue weighted by atomic mass is 15.2. The van der Waals surface area contributed by atoms with E-state index in [2.05, 4.69) is 50.0 Å². The molecule has 0 spiro atoms. The molecule has 0 heterocycles. The molecule has 0 aromatic carbocycles. The van der Waals surface area contributed by atoms with E-state index >= 15 is 0 Å². The number of nitrogens with zero attached hydrogens (tertiary/aromatic N) is 1. The Morgan fingerprint density at radius 1 is 1.38 bits per heavy atom. The van der Waals surface area contributed by atoms with E-state index in [0.717, 1.165) is 0 Å². The predicted octanol–water partition coefficient (Wildman–Crippen LogP) is 2.99. The van der Waals surface area contributed by atoms with Gasteiger partial charge >= 0.3 is 0 Å². The van der Waals surface area contributed by atoms with Crippen molar-refractivity contribution in [2.24, 2.45) is 0 Å². The first-order valence-electron chi connectivity index (χ1n) is 5.34. The lowest BCUT2D eigenvalue weighted by Crippen LogP contribution is -2.40. The van der Waals surface area contributed by atoms with E-state index in [4.69, 9.17) is 0 Å². The van der Waals surface area contributed by atoms with E-state index in [-0.39, 0.29) is 0 Å². The Hall–Kier alpha value is -0.560. The molecule has 74 valence electrons. The second-order valence-electron chi connectivity index (χ2n) is 3.95. The fourth-order valence-electron chi connectivity index (χ4n) is 1.88. The number of allylic oxidation sites excluding steroid dienone is 2. The summed E-state index contributed by atoms with van der Waals surface area (Å²) in [5.74, 6) is 0. The van der Waals surface area contributed by atoms with Gasteiger partial charge in [-0.15, -0.1) is 0 Å². The van der Waals surface area contributed by atoms with E-state index in [9.17, 15) is 0 Å². The minimum atomic E-state index is 0.630. The van der Waals surface area contributed by atoms with Gasteiger partial charge in [0.1, 0.15) is 0 Å². The van der Waals surface area contributed by atoms with Crippen LogP contribution in [0.1, 0.15) is 33.6 Å². The van der Waals surface area contributed by atoms with Crippen LogP contribution in [0.2, 0.25) is 0 Å². The van der Waals surface area contributed by atoms with E-state index in [1.54, 1.807) is 0 Å². The molecule has 0 fully saturated rings. The Morgan fingerprint density at radius 3 is 2.62 bits per heavy atom. The maximum atomic E-state index is 2.57. The molecule has 0 saturated carbocycles. The third-order valence-corrected chi connectivity index (χ3v) is 2.53. The topological polar surface area (TPSA) is 3.24 Å². The lowest BCUT2D eigenvalue weighted by molar-refractivity contribution is 0.182. The molecule has 0 aromatic rings. The molecular weight excluding hydrogens is 158 g/mol. The van der Waals surface area contributed by atoms with Crippen LogP contribution < -0.4 is 0 Å². The van der Waals surface area contributed by atoms with Crippen molar-refractivity contribution in [3.05, 3.63) is 24.3 Å². The third-order valence-electron chi connectivity index (χ3n) is 2.53. The standard InChI is InChI=1S/C12H21N/c1-4-10-13(11(2)3)12-8-6-5-7-9-12/h5-8,11-12H,4,9-10H2,1-3H3. The molecule has 0 amide bonds. The summed E-state index contributed by atoms with van der Waals surface area (Å²) in [6, 6.07) is 1.28. The van der Waals surface area contributed by atoms with Gasteiger partial charge < -0.3 is 0 Å². The third kappa shape index (κ3) is 3.00. The highest BCUT2D eigenvalue weighted by molar-refractivity contribution is 5.14. The second kappa shape index (κ2) is 5.23. The quantitative estimate of drug-likeness (QED) is 0.641. The summed E-state index contributed by atoms with van der Waals surface area (Å²) in [5, 5.41) is 0. The number of rotatable bonds is 4. The molecule has 1 rings (SSSR count). The fraction of sp³-hybridized carbons (Fsp3) is 0.667. The van der Waals surface area contributed by atoms with Crippen LogP contribution in [-0.4, -0.2) is 23.5 Å². The summed E-state index contributed by atoms with van der Waals surface area (Å²) < 4.78 is 0. The summed E-state index contributed by atoms with van der Waals surface area (Å²) in [6.07, 6.45) is 11.3. The molecule has 1 atom stereocenters. The molecular formula is C12H21N. The second-order valence-corrected chi connectivity index (χ2v) is 3.95.